The second-order valence-electron chi connectivity index (χ2n) is 7.05. The van der Waals surface area contributed by atoms with Crippen molar-refractivity contribution in [1.29, 1.82) is 0 Å². The maximum absolute atomic E-state index is 13.2. The summed E-state index contributed by atoms with van der Waals surface area (Å²) in [5.41, 5.74) is 4.03. The minimum absolute atomic E-state index is 0.0994. The molecule has 0 bridgehead atoms. The van der Waals surface area contributed by atoms with Crippen molar-refractivity contribution in [2.75, 3.05) is 5.32 Å². The van der Waals surface area contributed by atoms with Gasteiger partial charge in [-0.05, 0) is 54.8 Å². The molecule has 2 aromatic carbocycles. The number of amides is 1. The highest BCUT2D eigenvalue weighted by Crippen LogP contribution is 2.19. The number of nitrogens with zero attached hydrogens (tertiary/aromatic N) is 2. The van der Waals surface area contributed by atoms with Crippen LogP contribution in [0.2, 0.25) is 0 Å². The van der Waals surface area contributed by atoms with Gasteiger partial charge in [-0.1, -0.05) is 42.5 Å². The van der Waals surface area contributed by atoms with E-state index < -0.39 is 5.91 Å². The van der Waals surface area contributed by atoms with E-state index in [1.54, 1.807) is 22.9 Å². The van der Waals surface area contributed by atoms with E-state index in [0.29, 0.717) is 17.9 Å². The number of anilines is 1. The number of pyridine rings is 2. The third-order valence-corrected chi connectivity index (χ3v) is 5.13. The van der Waals surface area contributed by atoms with Crippen molar-refractivity contribution in [3.63, 3.8) is 0 Å². The van der Waals surface area contributed by atoms with Gasteiger partial charge in [0.2, 0.25) is 0 Å². The van der Waals surface area contributed by atoms with Gasteiger partial charge in [0.15, 0.2) is 0 Å². The van der Waals surface area contributed by atoms with E-state index >= 15 is 0 Å². The second-order valence-corrected chi connectivity index (χ2v) is 7.05. The van der Waals surface area contributed by atoms with Gasteiger partial charge in [0.1, 0.15) is 11.2 Å². The SMILES string of the molecule is Cc1cccc(NC(=O)c2cc3cccnc3n(Cc3ccccc3)c2=O)c1C. The highest BCUT2D eigenvalue weighted by Gasteiger charge is 2.17. The smallest absolute Gasteiger partial charge is 0.265 e. The molecule has 0 aliphatic heterocycles. The van der Waals surface area contributed by atoms with Crippen LogP contribution in [0.15, 0.2) is 77.7 Å². The molecular formula is C24H21N3O2. The zero-order valence-corrected chi connectivity index (χ0v) is 16.3. The molecule has 2 heterocycles. The third kappa shape index (κ3) is 3.67. The summed E-state index contributed by atoms with van der Waals surface area (Å²) in [5.74, 6) is -0.420. The minimum atomic E-state index is -0.420. The zero-order valence-electron chi connectivity index (χ0n) is 16.3. The van der Waals surface area contributed by atoms with Crippen LogP contribution in [-0.4, -0.2) is 15.5 Å². The number of aromatic nitrogens is 2. The first-order chi connectivity index (χ1) is 14.0. The lowest BCUT2D eigenvalue weighted by Gasteiger charge is -2.14. The minimum Gasteiger partial charge on any atom is -0.322 e. The van der Waals surface area contributed by atoms with Crippen LogP contribution in [0, 0.1) is 13.8 Å². The fourth-order valence-corrected chi connectivity index (χ4v) is 3.36. The molecule has 0 aliphatic carbocycles. The van der Waals surface area contributed by atoms with E-state index in [9.17, 15) is 9.59 Å². The normalized spacial score (nSPS) is 10.8. The lowest BCUT2D eigenvalue weighted by atomic mass is 10.1. The predicted octanol–water partition coefficient (Wildman–Crippen LogP) is 4.31. The fraction of sp³-hybridized carbons (Fsp3) is 0.125. The summed E-state index contributed by atoms with van der Waals surface area (Å²) in [7, 11) is 0. The van der Waals surface area contributed by atoms with Gasteiger partial charge in [0.05, 0.1) is 6.54 Å². The van der Waals surface area contributed by atoms with Gasteiger partial charge in [0.25, 0.3) is 11.5 Å². The Hall–Kier alpha value is -3.73. The summed E-state index contributed by atoms with van der Waals surface area (Å²) in [6.07, 6.45) is 1.65. The molecule has 4 rings (SSSR count). The van der Waals surface area contributed by atoms with Crippen LogP contribution in [0.5, 0.6) is 0 Å². The topological polar surface area (TPSA) is 64.0 Å². The number of hydrogen-bond acceptors (Lipinski definition) is 3. The van der Waals surface area contributed by atoms with E-state index in [-0.39, 0.29) is 11.1 Å². The van der Waals surface area contributed by atoms with Gasteiger partial charge in [-0.3, -0.25) is 14.2 Å². The average molecular weight is 383 g/mol. The van der Waals surface area contributed by atoms with Crippen molar-refractivity contribution in [2.24, 2.45) is 0 Å². The van der Waals surface area contributed by atoms with Crippen LogP contribution in [-0.2, 0) is 6.54 Å². The van der Waals surface area contributed by atoms with Crippen LogP contribution < -0.4 is 10.9 Å². The highest BCUT2D eigenvalue weighted by atomic mass is 16.2. The van der Waals surface area contributed by atoms with Gasteiger partial charge in [-0.2, -0.15) is 0 Å². The van der Waals surface area contributed by atoms with Crippen LogP contribution in [0.4, 0.5) is 5.69 Å². The molecule has 1 amide bonds. The third-order valence-electron chi connectivity index (χ3n) is 5.13. The van der Waals surface area contributed by atoms with Gasteiger partial charge < -0.3 is 5.32 Å². The Kier molecular flexibility index (Phi) is 4.96. The van der Waals surface area contributed by atoms with Crippen LogP contribution in [0.1, 0.15) is 27.0 Å². The van der Waals surface area contributed by atoms with E-state index in [2.05, 4.69) is 10.3 Å². The Balaban J connectivity index is 1.80. The molecule has 2 aromatic heterocycles. The number of fused-ring (bicyclic) bond motifs is 1. The monoisotopic (exact) mass is 383 g/mol. The van der Waals surface area contributed by atoms with E-state index in [0.717, 1.165) is 22.1 Å². The average Bonchev–Trinajstić information content (AvgIpc) is 2.74. The number of aryl methyl sites for hydroxylation is 1. The molecule has 5 heteroatoms. The summed E-state index contributed by atoms with van der Waals surface area (Å²) in [6.45, 7) is 4.28. The Labute approximate surface area is 168 Å². The summed E-state index contributed by atoms with van der Waals surface area (Å²) < 4.78 is 1.56. The molecule has 0 unspecified atom stereocenters. The molecule has 5 nitrogen and oxygen atoms in total. The summed E-state index contributed by atoms with van der Waals surface area (Å²) in [6, 6.07) is 20.7. The summed E-state index contributed by atoms with van der Waals surface area (Å²) in [5, 5.41) is 3.64. The Morgan fingerprint density at radius 3 is 2.59 bits per heavy atom. The van der Waals surface area contributed by atoms with Gasteiger partial charge >= 0.3 is 0 Å². The number of hydrogen-bond donors (Lipinski definition) is 1. The first-order valence-corrected chi connectivity index (χ1v) is 9.44. The van der Waals surface area contributed by atoms with E-state index in [1.165, 1.54) is 0 Å². The van der Waals surface area contributed by atoms with Crippen molar-refractivity contribution in [3.05, 3.63) is 106 Å². The molecule has 0 spiro atoms. The predicted molar refractivity (Wildman–Crippen MR) is 115 cm³/mol. The number of benzene rings is 2. The highest BCUT2D eigenvalue weighted by molar-refractivity contribution is 6.06. The number of nitrogens with one attached hydrogen (secondary N) is 1. The molecule has 0 fully saturated rings. The molecule has 0 aliphatic rings. The lowest BCUT2D eigenvalue weighted by molar-refractivity contribution is 0.102. The van der Waals surface area contributed by atoms with E-state index in [1.807, 2.05) is 68.4 Å². The van der Waals surface area contributed by atoms with E-state index in [4.69, 9.17) is 0 Å². The molecule has 0 saturated heterocycles. The Bertz CT molecular complexity index is 1260. The standard InChI is InChI=1S/C24H21N3O2/c1-16-8-6-12-21(17(16)2)26-23(28)20-14-19-11-7-13-25-22(19)27(24(20)29)15-18-9-4-3-5-10-18/h3-14H,15H2,1-2H3,(H,26,28). The van der Waals surface area contributed by atoms with Gasteiger partial charge in [-0.25, -0.2) is 4.98 Å². The Morgan fingerprint density at radius 1 is 1.00 bits per heavy atom. The molecular weight excluding hydrogens is 362 g/mol. The molecule has 0 atom stereocenters. The van der Waals surface area contributed by atoms with Gasteiger partial charge in [0, 0.05) is 17.3 Å². The molecule has 0 saturated carbocycles. The number of carbonyl (C=O) groups is 1. The van der Waals surface area contributed by atoms with Crippen molar-refractivity contribution < 1.29 is 4.79 Å². The molecule has 0 radical (unpaired) electrons. The second kappa shape index (κ2) is 7.72. The molecule has 4 aromatic rings. The van der Waals surface area contributed by atoms with Crippen molar-refractivity contribution >= 4 is 22.6 Å². The summed E-state index contributed by atoms with van der Waals surface area (Å²) >= 11 is 0. The van der Waals surface area contributed by atoms with Crippen LogP contribution in [0.25, 0.3) is 11.0 Å². The number of rotatable bonds is 4. The van der Waals surface area contributed by atoms with Crippen LogP contribution in [0.3, 0.4) is 0 Å². The molecule has 144 valence electrons. The molecule has 29 heavy (non-hydrogen) atoms. The quantitative estimate of drug-likeness (QED) is 0.571. The van der Waals surface area contributed by atoms with Gasteiger partial charge in [-0.15, -0.1) is 0 Å². The molecule has 1 N–H and O–H groups in total. The maximum Gasteiger partial charge on any atom is 0.265 e. The first kappa shape index (κ1) is 18.6. The number of carbonyl (C=O) groups excluding carboxylic acids is 1. The van der Waals surface area contributed by atoms with Crippen molar-refractivity contribution in [3.8, 4) is 0 Å². The lowest BCUT2D eigenvalue weighted by Crippen LogP contribution is -2.30. The first-order valence-electron chi connectivity index (χ1n) is 9.44. The Morgan fingerprint density at radius 2 is 1.79 bits per heavy atom. The zero-order chi connectivity index (χ0) is 20.4. The van der Waals surface area contributed by atoms with Crippen LogP contribution >= 0.6 is 0 Å². The fourth-order valence-electron chi connectivity index (χ4n) is 3.36. The van der Waals surface area contributed by atoms with Crippen molar-refractivity contribution in [1.82, 2.24) is 9.55 Å². The maximum atomic E-state index is 13.2. The summed E-state index contributed by atoms with van der Waals surface area (Å²) in [4.78, 5) is 30.6. The van der Waals surface area contributed by atoms with Crippen molar-refractivity contribution in [2.45, 2.75) is 20.4 Å². The largest absolute Gasteiger partial charge is 0.322 e.